The number of nitrogens with one attached hydrogen (secondary N) is 2. The van der Waals surface area contributed by atoms with Gasteiger partial charge in [0, 0.05) is 42.3 Å². The first-order chi connectivity index (χ1) is 11.6. The van der Waals surface area contributed by atoms with Gasteiger partial charge in [-0.3, -0.25) is 9.48 Å². The molecule has 0 unspecified atom stereocenters. The first-order valence-corrected chi connectivity index (χ1v) is 8.46. The summed E-state index contributed by atoms with van der Waals surface area (Å²) in [5.74, 6) is 0.105. The molecule has 2 aromatic heterocycles. The number of aryl methyl sites for hydroxylation is 4. The highest BCUT2D eigenvalue weighted by molar-refractivity contribution is 5.84. The van der Waals surface area contributed by atoms with Crippen molar-refractivity contribution in [2.75, 3.05) is 6.54 Å². The van der Waals surface area contributed by atoms with Gasteiger partial charge in [-0.25, -0.2) is 0 Å². The van der Waals surface area contributed by atoms with Crippen molar-refractivity contribution in [3.05, 3.63) is 53.5 Å². The van der Waals surface area contributed by atoms with Crippen LogP contribution < -0.4 is 5.32 Å². The van der Waals surface area contributed by atoms with Gasteiger partial charge in [0.15, 0.2) is 0 Å². The highest BCUT2D eigenvalue weighted by Crippen LogP contribution is 2.18. The second-order valence-electron chi connectivity index (χ2n) is 6.21. The van der Waals surface area contributed by atoms with Crippen molar-refractivity contribution in [3.8, 4) is 0 Å². The molecular formula is C19H24N4O. The number of hydrogen-bond acceptors (Lipinski definition) is 2. The molecule has 0 fully saturated rings. The Morgan fingerprint density at radius 2 is 2.12 bits per heavy atom. The van der Waals surface area contributed by atoms with E-state index in [4.69, 9.17) is 0 Å². The summed E-state index contributed by atoms with van der Waals surface area (Å²) in [6, 6.07) is 10.3. The Morgan fingerprint density at radius 1 is 1.29 bits per heavy atom. The van der Waals surface area contributed by atoms with Gasteiger partial charge in [-0.15, -0.1) is 0 Å². The molecule has 0 bridgehead atoms. The zero-order valence-corrected chi connectivity index (χ0v) is 14.3. The van der Waals surface area contributed by atoms with Gasteiger partial charge in [0.2, 0.25) is 5.91 Å². The van der Waals surface area contributed by atoms with Crippen molar-refractivity contribution < 1.29 is 4.79 Å². The maximum absolute atomic E-state index is 12.0. The lowest BCUT2D eigenvalue weighted by Gasteiger charge is -2.06. The summed E-state index contributed by atoms with van der Waals surface area (Å²) in [5, 5.41) is 8.63. The van der Waals surface area contributed by atoms with E-state index in [0.717, 1.165) is 36.3 Å². The van der Waals surface area contributed by atoms with Crippen molar-refractivity contribution in [3.63, 3.8) is 0 Å². The van der Waals surface area contributed by atoms with E-state index in [9.17, 15) is 4.79 Å². The van der Waals surface area contributed by atoms with Crippen molar-refractivity contribution in [1.29, 1.82) is 0 Å². The highest BCUT2D eigenvalue weighted by atomic mass is 16.1. The van der Waals surface area contributed by atoms with E-state index in [0.29, 0.717) is 13.0 Å². The van der Waals surface area contributed by atoms with E-state index in [1.807, 2.05) is 29.9 Å². The number of nitrogens with zero attached hydrogens (tertiary/aromatic N) is 2. The number of carbonyl (C=O) groups excluding carboxylic acids is 1. The number of para-hydroxylation sites is 1. The topological polar surface area (TPSA) is 62.7 Å². The van der Waals surface area contributed by atoms with Crippen LogP contribution in [0.5, 0.6) is 0 Å². The molecule has 0 saturated heterocycles. The smallest absolute Gasteiger partial charge is 0.220 e. The van der Waals surface area contributed by atoms with Crippen LogP contribution in [0.1, 0.15) is 29.8 Å². The van der Waals surface area contributed by atoms with Crippen molar-refractivity contribution in [1.82, 2.24) is 20.1 Å². The number of rotatable bonds is 7. The van der Waals surface area contributed by atoms with E-state index in [1.165, 1.54) is 10.9 Å². The zero-order chi connectivity index (χ0) is 16.9. The molecule has 5 nitrogen and oxygen atoms in total. The average Bonchev–Trinajstić information content (AvgIpc) is 3.12. The van der Waals surface area contributed by atoms with Crippen LogP contribution in [0.2, 0.25) is 0 Å². The van der Waals surface area contributed by atoms with Gasteiger partial charge in [-0.05, 0) is 44.4 Å². The molecule has 0 aliphatic rings. The number of aromatic amines is 1. The standard InChI is InChI=1S/C19H24N4O/c1-14-12-15(2)23(22-14)11-5-10-20-19(24)9-8-16-13-21-18-7-4-3-6-17(16)18/h3-4,6-7,12-13,21H,5,8-11H2,1-2H3,(H,20,24). The molecule has 0 aliphatic heterocycles. The zero-order valence-electron chi connectivity index (χ0n) is 14.3. The van der Waals surface area contributed by atoms with Gasteiger partial charge in [0.05, 0.1) is 5.69 Å². The number of aromatic nitrogens is 3. The number of carbonyl (C=O) groups is 1. The lowest BCUT2D eigenvalue weighted by atomic mass is 10.1. The van der Waals surface area contributed by atoms with E-state index >= 15 is 0 Å². The molecule has 2 N–H and O–H groups in total. The van der Waals surface area contributed by atoms with Crippen LogP contribution >= 0.6 is 0 Å². The predicted molar refractivity (Wildman–Crippen MR) is 95.9 cm³/mol. The fraction of sp³-hybridized carbons (Fsp3) is 0.368. The van der Waals surface area contributed by atoms with Gasteiger partial charge in [-0.2, -0.15) is 5.10 Å². The largest absolute Gasteiger partial charge is 0.361 e. The van der Waals surface area contributed by atoms with Crippen LogP contribution in [0, 0.1) is 13.8 Å². The molecule has 0 radical (unpaired) electrons. The Bertz CT molecular complexity index is 831. The molecule has 1 amide bonds. The molecule has 1 aromatic carbocycles. The maximum Gasteiger partial charge on any atom is 0.220 e. The third-order valence-electron chi connectivity index (χ3n) is 4.27. The third kappa shape index (κ3) is 3.85. The summed E-state index contributed by atoms with van der Waals surface area (Å²) in [4.78, 5) is 15.3. The minimum atomic E-state index is 0.105. The summed E-state index contributed by atoms with van der Waals surface area (Å²) in [6.07, 6.45) is 4.16. The number of fused-ring (bicyclic) bond motifs is 1. The van der Waals surface area contributed by atoms with Gasteiger partial charge >= 0.3 is 0 Å². The minimum Gasteiger partial charge on any atom is -0.361 e. The van der Waals surface area contributed by atoms with Crippen molar-refractivity contribution >= 4 is 16.8 Å². The Balaban J connectivity index is 1.41. The molecule has 0 atom stereocenters. The Hall–Kier alpha value is -2.56. The Morgan fingerprint density at radius 3 is 2.92 bits per heavy atom. The summed E-state index contributed by atoms with van der Waals surface area (Å²) < 4.78 is 1.99. The van der Waals surface area contributed by atoms with E-state index in [2.05, 4.69) is 40.5 Å². The summed E-state index contributed by atoms with van der Waals surface area (Å²) in [6.45, 7) is 5.57. The second kappa shape index (κ2) is 7.34. The van der Waals surface area contributed by atoms with Crippen LogP contribution in [-0.2, 0) is 17.8 Å². The van der Waals surface area contributed by atoms with Crippen LogP contribution in [0.25, 0.3) is 10.9 Å². The first kappa shape index (κ1) is 16.3. The SMILES string of the molecule is Cc1cc(C)n(CCCNC(=O)CCc2c[nH]c3ccccc23)n1. The number of H-pyrrole nitrogens is 1. The summed E-state index contributed by atoms with van der Waals surface area (Å²) in [7, 11) is 0. The fourth-order valence-electron chi connectivity index (χ4n) is 3.03. The first-order valence-electron chi connectivity index (χ1n) is 8.46. The number of benzene rings is 1. The normalized spacial score (nSPS) is 11.1. The van der Waals surface area contributed by atoms with Crippen LogP contribution in [-0.4, -0.2) is 27.2 Å². The molecule has 24 heavy (non-hydrogen) atoms. The van der Waals surface area contributed by atoms with Gasteiger partial charge in [0.25, 0.3) is 0 Å². The molecule has 3 aromatic rings. The Labute approximate surface area is 142 Å². The Kier molecular flexibility index (Phi) is 4.99. The van der Waals surface area contributed by atoms with Gasteiger partial charge < -0.3 is 10.3 Å². The van der Waals surface area contributed by atoms with Crippen molar-refractivity contribution in [2.45, 2.75) is 39.7 Å². The molecule has 126 valence electrons. The molecular weight excluding hydrogens is 300 g/mol. The van der Waals surface area contributed by atoms with Gasteiger partial charge in [-0.1, -0.05) is 18.2 Å². The minimum absolute atomic E-state index is 0.105. The summed E-state index contributed by atoms with van der Waals surface area (Å²) >= 11 is 0. The second-order valence-corrected chi connectivity index (χ2v) is 6.21. The number of hydrogen-bond donors (Lipinski definition) is 2. The molecule has 0 aliphatic carbocycles. The van der Waals surface area contributed by atoms with Crippen molar-refractivity contribution in [2.24, 2.45) is 0 Å². The quantitative estimate of drug-likeness (QED) is 0.656. The predicted octanol–water partition coefficient (Wildman–Crippen LogP) is 3.12. The van der Waals surface area contributed by atoms with Crippen LogP contribution in [0.3, 0.4) is 0 Å². The monoisotopic (exact) mass is 324 g/mol. The summed E-state index contributed by atoms with van der Waals surface area (Å²) in [5.41, 5.74) is 4.52. The van der Waals surface area contributed by atoms with Gasteiger partial charge in [0.1, 0.15) is 0 Å². The fourth-order valence-corrected chi connectivity index (χ4v) is 3.03. The van der Waals surface area contributed by atoms with Crippen LogP contribution in [0.15, 0.2) is 36.5 Å². The lowest BCUT2D eigenvalue weighted by Crippen LogP contribution is -2.25. The molecule has 5 heteroatoms. The highest BCUT2D eigenvalue weighted by Gasteiger charge is 2.06. The van der Waals surface area contributed by atoms with Crippen LogP contribution in [0.4, 0.5) is 0 Å². The third-order valence-corrected chi connectivity index (χ3v) is 4.27. The molecule has 0 saturated carbocycles. The number of amides is 1. The van der Waals surface area contributed by atoms with E-state index in [1.54, 1.807) is 0 Å². The molecule has 0 spiro atoms. The molecule has 2 heterocycles. The maximum atomic E-state index is 12.0. The van der Waals surface area contributed by atoms with E-state index in [-0.39, 0.29) is 5.91 Å². The average molecular weight is 324 g/mol. The molecule has 3 rings (SSSR count). The van der Waals surface area contributed by atoms with E-state index < -0.39 is 0 Å². The lowest BCUT2D eigenvalue weighted by molar-refractivity contribution is -0.121.